The zero-order valence-corrected chi connectivity index (χ0v) is 20.8. The first-order valence-corrected chi connectivity index (χ1v) is 13.1. The third kappa shape index (κ3) is 6.34. The molecular formula is C18H16F3N5O8S3. The quantitative estimate of drug-likeness (QED) is 0.171. The van der Waals surface area contributed by atoms with Gasteiger partial charge in [-0.15, -0.1) is 23.1 Å². The normalized spacial score (nSPS) is 19.6. The number of fused-ring (bicyclic) bond motifs is 1. The summed E-state index contributed by atoms with van der Waals surface area (Å²) in [4.78, 5) is 68.6. The van der Waals surface area contributed by atoms with E-state index in [0.717, 1.165) is 10.3 Å². The van der Waals surface area contributed by atoms with Gasteiger partial charge in [-0.3, -0.25) is 24.6 Å². The number of carboxylic acid groups (broad SMARTS) is 2. The number of hydrogen-bond donors (Lipinski definition) is 4. The Morgan fingerprint density at radius 2 is 2.03 bits per heavy atom. The number of rotatable bonds is 10. The number of nitrogens with zero attached hydrogens (tertiary/aromatic N) is 3. The first kappa shape index (κ1) is 28.3. The number of thiazole rings is 1. The number of carboxylic acids is 2. The number of anilines is 1. The van der Waals surface area contributed by atoms with Crippen LogP contribution < -0.4 is 10.6 Å². The van der Waals surface area contributed by atoms with Crippen LogP contribution in [-0.4, -0.2) is 97.4 Å². The van der Waals surface area contributed by atoms with E-state index in [1.807, 2.05) is 0 Å². The summed E-state index contributed by atoms with van der Waals surface area (Å²) in [5.74, 6) is -6.19. The summed E-state index contributed by atoms with van der Waals surface area (Å²) in [7, 11) is 0. The van der Waals surface area contributed by atoms with Crippen molar-refractivity contribution in [3.05, 3.63) is 22.3 Å². The third-order valence-corrected chi connectivity index (χ3v) is 7.37. The second-order valence-electron chi connectivity index (χ2n) is 7.15. The first-order chi connectivity index (χ1) is 17.3. The second kappa shape index (κ2) is 11.4. The second-order valence-corrected chi connectivity index (χ2v) is 9.98. The minimum Gasteiger partial charge on any atom is -0.479 e. The summed E-state index contributed by atoms with van der Waals surface area (Å²) in [6.45, 7) is -0.974. The van der Waals surface area contributed by atoms with Gasteiger partial charge in [-0.1, -0.05) is 5.16 Å². The standard InChI is InChI=1S/C18H16F3N5O8S3/c1-35-3-6-4-36-14-10(13(30)26(14)11(6)15(31)32)23-12(29)9(25-34-2-8(27)28)7-5-37-17(22-7)24-16(33)18(19,20)21/h5,10,14H,2-4H2,1H3,(H,23,29)(H,27,28)(H,31,32)(H,22,24,33)/b25-9+. The molecule has 1 fully saturated rings. The van der Waals surface area contributed by atoms with Gasteiger partial charge in [0.25, 0.3) is 11.8 Å². The number of nitrogens with one attached hydrogen (secondary N) is 2. The SMILES string of the molecule is CSCC1=C(C(=O)O)N2C(=O)C(NC(=O)/C(=N/OCC(=O)O)c3csc(NC(=O)C(F)(F)F)n3)C2SC1. The number of aromatic nitrogens is 1. The molecule has 200 valence electrons. The van der Waals surface area contributed by atoms with Crippen molar-refractivity contribution in [2.45, 2.75) is 17.6 Å². The van der Waals surface area contributed by atoms with Crippen molar-refractivity contribution in [3.8, 4) is 0 Å². The maximum absolute atomic E-state index is 12.9. The van der Waals surface area contributed by atoms with Crippen LogP contribution >= 0.6 is 34.9 Å². The highest BCUT2D eigenvalue weighted by Gasteiger charge is 2.54. The van der Waals surface area contributed by atoms with Crippen LogP contribution in [0.25, 0.3) is 0 Å². The fourth-order valence-electron chi connectivity index (χ4n) is 3.14. The summed E-state index contributed by atoms with van der Waals surface area (Å²) < 4.78 is 37.5. The number of carbonyl (C=O) groups excluding carboxylic acids is 3. The molecule has 0 aromatic carbocycles. The van der Waals surface area contributed by atoms with Crippen molar-refractivity contribution in [1.29, 1.82) is 0 Å². The van der Waals surface area contributed by atoms with Crippen molar-refractivity contribution in [1.82, 2.24) is 15.2 Å². The van der Waals surface area contributed by atoms with Crippen LogP contribution in [-0.2, 0) is 28.8 Å². The summed E-state index contributed by atoms with van der Waals surface area (Å²) in [5, 5.41) is 25.3. The van der Waals surface area contributed by atoms with Gasteiger partial charge in [0, 0.05) is 16.9 Å². The fourth-order valence-corrected chi connectivity index (χ4v) is 5.90. The minimum absolute atomic E-state index is 0.170. The lowest BCUT2D eigenvalue weighted by Gasteiger charge is -2.49. The molecule has 0 bridgehead atoms. The van der Waals surface area contributed by atoms with Crippen molar-refractivity contribution >= 4 is 75.4 Å². The number of alkyl halides is 3. The van der Waals surface area contributed by atoms with Crippen molar-refractivity contribution in [2.24, 2.45) is 5.16 Å². The van der Waals surface area contributed by atoms with Gasteiger partial charge in [0.1, 0.15) is 22.8 Å². The Labute approximate surface area is 217 Å². The molecule has 3 heterocycles. The van der Waals surface area contributed by atoms with Gasteiger partial charge in [-0.2, -0.15) is 24.9 Å². The van der Waals surface area contributed by atoms with Crippen LogP contribution in [0, 0.1) is 0 Å². The predicted octanol–water partition coefficient (Wildman–Crippen LogP) is 0.551. The number of β-lactam (4-membered cyclic amide) rings is 1. The summed E-state index contributed by atoms with van der Waals surface area (Å²) in [5.41, 5.74) is -0.691. The number of thioether (sulfide) groups is 2. The number of amides is 3. The minimum atomic E-state index is -5.20. The Morgan fingerprint density at radius 3 is 2.62 bits per heavy atom. The number of oxime groups is 1. The molecule has 1 aromatic rings. The van der Waals surface area contributed by atoms with E-state index < -0.39 is 64.7 Å². The van der Waals surface area contributed by atoms with Gasteiger partial charge >= 0.3 is 24.0 Å². The molecule has 0 spiro atoms. The molecule has 0 saturated carbocycles. The molecule has 2 atom stereocenters. The molecule has 0 radical (unpaired) electrons. The Balaban J connectivity index is 1.80. The van der Waals surface area contributed by atoms with Crippen molar-refractivity contribution < 1.29 is 52.2 Å². The zero-order chi connectivity index (χ0) is 27.5. The van der Waals surface area contributed by atoms with E-state index in [1.165, 1.54) is 28.8 Å². The predicted molar refractivity (Wildman–Crippen MR) is 125 cm³/mol. The molecule has 3 amide bonds. The highest BCUT2D eigenvalue weighted by molar-refractivity contribution is 8.00. The van der Waals surface area contributed by atoms with Gasteiger partial charge < -0.3 is 20.4 Å². The van der Waals surface area contributed by atoms with E-state index in [-0.39, 0.29) is 11.4 Å². The first-order valence-electron chi connectivity index (χ1n) is 9.80. The van der Waals surface area contributed by atoms with Gasteiger partial charge in [-0.05, 0) is 11.8 Å². The molecule has 37 heavy (non-hydrogen) atoms. The number of carbonyl (C=O) groups is 5. The maximum Gasteiger partial charge on any atom is 0.471 e. The van der Waals surface area contributed by atoms with Crippen LogP contribution in [0.5, 0.6) is 0 Å². The number of hydrogen-bond acceptors (Lipinski definition) is 11. The summed E-state index contributed by atoms with van der Waals surface area (Å²) in [6, 6.07) is -1.18. The Kier molecular flexibility index (Phi) is 8.69. The average molecular weight is 584 g/mol. The van der Waals surface area contributed by atoms with Crippen LogP contribution in [0.1, 0.15) is 5.69 Å². The van der Waals surface area contributed by atoms with Gasteiger partial charge in [0.2, 0.25) is 6.61 Å². The fraction of sp³-hybridized carbons (Fsp3) is 0.389. The zero-order valence-electron chi connectivity index (χ0n) is 18.4. The maximum atomic E-state index is 12.9. The topological polar surface area (TPSA) is 188 Å². The summed E-state index contributed by atoms with van der Waals surface area (Å²) >= 11 is 3.11. The Morgan fingerprint density at radius 1 is 1.32 bits per heavy atom. The monoisotopic (exact) mass is 583 g/mol. The van der Waals surface area contributed by atoms with E-state index in [2.05, 4.69) is 20.3 Å². The van der Waals surface area contributed by atoms with Crippen LogP contribution in [0.15, 0.2) is 21.8 Å². The van der Waals surface area contributed by atoms with Crippen molar-refractivity contribution in [3.63, 3.8) is 0 Å². The van der Waals surface area contributed by atoms with Gasteiger partial charge in [0.15, 0.2) is 10.8 Å². The molecule has 3 rings (SSSR count). The largest absolute Gasteiger partial charge is 0.479 e. The lowest BCUT2D eigenvalue weighted by atomic mass is 10.0. The van der Waals surface area contributed by atoms with Gasteiger partial charge in [-0.25, -0.2) is 14.6 Å². The van der Waals surface area contributed by atoms with Crippen LogP contribution in [0.3, 0.4) is 0 Å². The number of halogens is 3. The highest BCUT2D eigenvalue weighted by Crippen LogP contribution is 2.41. The lowest BCUT2D eigenvalue weighted by Crippen LogP contribution is -2.71. The summed E-state index contributed by atoms with van der Waals surface area (Å²) in [6.07, 6.45) is -3.42. The molecular weight excluding hydrogens is 567 g/mol. The van der Waals surface area contributed by atoms with E-state index in [4.69, 9.17) is 5.11 Å². The molecule has 1 aromatic heterocycles. The molecule has 19 heteroatoms. The average Bonchev–Trinajstić information content (AvgIpc) is 3.27. The molecule has 0 aliphatic carbocycles. The molecule has 2 unspecified atom stereocenters. The van der Waals surface area contributed by atoms with Crippen LogP contribution in [0.4, 0.5) is 18.3 Å². The van der Waals surface area contributed by atoms with E-state index in [0.29, 0.717) is 28.4 Å². The van der Waals surface area contributed by atoms with E-state index in [1.54, 1.807) is 6.26 Å². The van der Waals surface area contributed by atoms with E-state index >= 15 is 0 Å². The third-order valence-electron chi connectivity index (χ3n) is 4.64. The molecule has 1 saturated heterocycles. The highest BCUT2D eigenvalue weighted by atomic mass is 32.2. The Hall–Kier alpha value is -3.32. The van der Waals surface area contributed by atoms with Crippen molar-refractivity contribution in [2.75, 3.05) is 29.7 Å². The number of aliphatic carboxylic acids is 2. The van der Waals surface area contributed by atoms with Gasteiger partial charge in [0.05, 0.1) is 0 Å². The van der Waals surface area contributed by atoms with Crippen LogP contribution in [0.2, 0.25) is 0 Å². The molecule has 13 nitrogen and oxygen atoms in total. The molecule has 4 N–H and O–H groups in total. The molecule has 2 aliphatic heterocycles. The lowest BCUT2D eigenvalue weighted by molar-refractivity contribution is -0.167. The smallest absolute Gasteiger partial charge is 0.471 e. The van der Waals surface area contributed by atoms with E-state index in [9.17, 15) is 42.3 Å². The Bertz CT molecular complexity index is 1200. The molecule has 2 aliphatic rings.